The van der Waals surface area contributed by atoms with Crippen molar-refractivity contribution in [2.24, 2.45) is 5.41 Å². The second kappa shape index (κ2) is 8.00. The summed E-state index contributed by atoms with van der Waals surface area (Å²) in [6.07, 6.45) is 5.37. The number of aliphatic carboxylic acids is 1. The van der Waals surface area contributed by atoms with Crippen molar-refractivity contribution in [1.29, 1.82) is 0 Å². The Balaban J connectivity index is 2.50. The van der Waals surface area contributed by atoms with Gasteiger partial charge >= 0.3 is 12.0 Å². The zero-order chi connectivity index (χ0) is 15.9. The van der Waals surface area contributed by atoms with Crippen LogP contribution in [0.1, 0.15) is 58.3 Å². The van der Waals surface area contributed by atoms with Crippen LogP contribution in [0.25, 0.3) is 0 Å². The van der Waals surface area contributed by atoms with Crippen molar-refractivity contribution in [2.75, 3.05) is 13.6 Å². The van der Waals surface area contributed by atoms with Crippen LogP contribution in [-0.4, -0.2) is 41.5 Å². The number of urea groups is 1. The standard InChI is InChI=1S/C15H26N2O4/c1-3-4-9-17(2)14(21)16-12(18)10-15(11-13(19)20)7-5-6-8-15/h3-11H2,1-2H3,(H,19,20)(H,16,18,21). The molecule has 1 saturated carbocycles. The van der Waals surface area contributed by atoms with Crippen molar-refractivity contribution in [2.45, 2.75) is 58.3 Å². The van der Waals surface area contributed by atoms with Crippen LogP contribution in [0.3, 0.4) is 0 Å². The van der Waals surface area contributed by atoms with Gasteiger partial charge in [0.1, 0.15) is 0 Å². The Hall–Kier alpha value is -1.59. The lowest BCUT2D eigenvalue weighted by Crippen LogP contribution is -2.43. The molecule has 2 N–H and O–H groups in total. The maximum absolute atomic E-state index is 12.0. The number of unbranched alkanes of at least 4 members (excludes halogenated alkanes) is 1. The van der Waals surface area contributed by atoms with Crippen molar-refractivity contribution in [3.05, 3.63) is 0 Å². The fraction of sp³-hybridized carbons (Fsp3) is 0.800. The number of rotatable bonds is 7. The summed E-state index contributed by atoms with van der Waals surface area (Å²) in [5.41, 5.74) is -0.474. The van der Waals surface area contributed by atoms with Crippen LogP contribution in [-0.2, 0) is 9.59 Å². The van der Waals surface area contributed by atoms with E-state index in [4.69, 9.17) is 5.11 Å². The Labute approximate surface area is 125 Å². The van der Waals surface area contributed by atoms with Gasteiger partial charge in [-0.05, 0) is 24.7 Å². The molecule has 21 heavy (non-hydrogen) atoms. The highest BCUT2D eigenvalue weighted by Gasteiger charge is 2.38. The quantitative estimate of drug-likeness (QED) is 0.755. The van der Waals surface area contributed by atoms with E-state index in [0.29, 0.717) is 6.54 Å². The van der Waals surface area contributed by atoms with Crippen LogP contribution in [0.5, 0.6) is 0 Å². The summed E-state index contributed by atoms with van der Waals surface area (Å²) in [5, 5.41) is 11.4. The van der Waals surface area contributed by atoms with E-state index in [2.05, 4.69) is 5.32 Å². The number of carboxylic acid groups (broad SMARTS) is 1. The van der Waals surface area contributed by atoms with E-state index in [0.717, 1.165) is 38.5 Å². The van der Waals surface area contributed by atoms with Crippen molar-refractivity contribution in [1.82, 2.24) is 10.2 Å². The first-order chi connectivity index (χ1) is 9.88. The molecule has 0 unspecified atom stereocenters. The predicted octanol–water partition coefficient (Wildman–Crippen LogP) is 2.38. The smallest absolute Gasteiger partial charge is 0.323 e. The number of amides is 3. The van der Waals surface area contributed by atoms with Crippen LogP contribution in [0.2, 0.25) is 0 Å². The molecule has 0 aromatic carbocycles. The third-order valence-electron chi connectivity index (χ3n) is 4.17. The van der Waals surface area contributed by atoms with Gasteiger partial charge in [0.15, 0.2) is 0 Å². The lowest BCUT2D eigenvalue weighted by atomic mass is 9.79. The van der Waals surface area contributed by atoms with E-state index < -0.39 is 17.4 Å². The molecule has 3 amide bonds. The van der Waals surface area contributed by atoms with Crippen molar-refractivity contribution < 1.29 is 19.5 Å². The summed E-state index contributed by atoms with van der Waals surface area (Å²) in [7, 11) is 1.65. The summed E-state index contributed by atoms with van der Waals surface area (Å²) in [4.78, 5) is 36.3. The molecule has 1 rings (SSSR count). The fourth-order valence-corrected chi connectivity index (χ4v) is 2.96. The minimum atomic E-state index is -0.879. The molecule has 1 fully saturated rings. The summed E-state index contributed by atoms with van der Waals surface area (Å²) >= 11 is 0. The van der Waals surface area contributed by atoms with Gasteiger partial charge in [0.25, 0.3) is 0 Å². The topological polar surface area (TPSA) is 86.7 Å². The highest BCUT2D eigenvalue weighted by molar-refractivity contribution is 5.94. The summed E-state index contributed by atoms with van der Waals surface area (Å²) < 4.78 is 0. The zero-order valence-corrected chi connectivity index (χ0v) is 13.0. The van der Waals surface area contributed by atoms with E-state index in [1.165, 1.54) is 4.90 Å². The molecule has 0 aromatic rings. The van der Waals surface area contributed by atoms with Crippen LogP contribution in [0, 0.1) is 5.41 Å². The largest absolute Gasteiger partial charge is 0.481 e. The van der Waals surface area contributed by atoms with Crippen LogP contribution >= 0.6 is 0 Å². The average Bonchev–Trinajstić information content (AvgIpc) is 2.82. The van der Waals surface area contributed by atoms with Gasteiger partial charge in [0, 0.05) is 20.0 Å². The highest BCUT2D eigenvalue weighted by atomic mass is 16.4. The normalized spacial score (nSPS) is 16.5. The molecular weight excluding hydrogens is 272 g/mol. The van der Waals surface area contributed by atoms with E-state index in [-0.39, 0.29) is 18.7 Å². The first-order valence-corrected chi connectivity index (χ1v) is 7.65. The molecule has 0 saturated heterocycles. The number of carbonyl (C=O) groups is 3. The van der Waals surface area contributed by atoms with Gasteiger partial charge in [0.05, 0.1) is 6.42 Å². The molecule has 0 spiro atoms. The molecule has 1 aliphatic carbocycles. The number of hydrogen-bond donors (Lipinski definition) is 2. The number of hydrogen-bond acceptors (Lipinski definition) is 3. The van der Waals surface area contributed by atoms with Gasteiger partial charge in [-0.3, -0.25) is 14.9 Å². The molecule has 1 aliphatic rings. The van der Waals surface area contributed by atoms with Gasteiger partial charge in [-0.15, -0.1) is 0 Å². The Morgan fingerprint density at radius 3 is 2.33 bits per heavy atom. The molecule has 0 atom stereocenters. The second-order valence-electron chi connectivity index (χ2n) is 6.08. The van der Waals surface area contributed by atoms with Crippen LogP contribution in [0.4, 0.5) is 4.79 Å². The van der Waals surface area contributed by atoms with Gasteiger partial charge in [-0.1, -0.05) is 26.2 Å². The molecule has 0 radical (unpaired) electrons. The summed E-state index contributed by atoms with van der Waals surface area (Å²) in [6, 6.07) is -0.406. The molecule has 6 heteroatoms. The number of imide groups is 1. The number of nitrogens with zero attached hydrogens (tertiary/aromatic N) is 1. The first kappa shape index (κ1) is 17.5. The lowest BCUT2D eigenvalue weighted by Gasteiger charge is -2.26. The van der Waals surface area contributed by atoms with Gasteiger partial charge in [-0.2, -0.15) is 0 Å². The van der Waals surface area contributed by atoms with E-state index in [9.17, 15) is 14.4 Å². The molecule has 0 bridgehead atoms. The maximum Gasteiger partial charge on any atom is 0.323 e. The van der Waals surface area contributed by atoms with Gasteiger partial charge in [0.2, 0.25) is 5.91 Å². The van der Waals surface area contributed by atoms with E-state index >= 15 is 0 Å². The molecule has 0 heterocycles. The van der Waals surface area contributed by atoms with Crippen LogP contribution in [0.15, 0.2) is 0 Å². The third-order valence-corrected chi connectivity index (χ3v) is 4.17. The molecule has 120 valence electrons. The SMILES string of the molecule is CCCCN(C)C(=O)NC(=O)CC1(CC(=O)O)CCCC1. The number of nitrogens with one attached hydrogen (secondary N) is 1. The molecule has 6 nitrogen and oxygen atoms in total. The molecular formula is C15H26N2O4. The molecule has 0 aliphatic heterocycles. The lowest BCUT2D eigenvalue weighted by molar-refractivity contribution is -0.140. The molecule has 0 aromatic heterocycles. The van der Waals surface area contributed by atoms with Gasteiger partial charge < -0.3 is 10.0 Å². The van der Waals surface area contributed by atoms with Crippen molar-refractivity contribution in [3.8, 4) is 0 Å². The van der Waals surface area contributed by atoms with Crippen molar-refractivity contribution in [3.63, 3.8) is 0 Å². The summed E-state index contributed by atoms with van der Waals surface area (Å²) in [6.45, 7) is 2.64. The summed E-state index contributed by atoms with van der Waals surface area (Å²) in [5.74, 6) is -1.25. The number of carbonyl (C=O) groups excluding carboxylic acids is 2. The number of carboxylic acids is 1. The predicted molar refractivity (Wildman–Crippen MR) is 78.8 cm³/mol. The van der Waals surface area contributed by atoms with Crippen LogP contribution < -0.4 is 5.32 Å². The Bertz CT molecular complexity index is 389. The minimum absolute atomic E-state index is 0.000282. The second-order valence-corrected chi connectivity index (χ2v) is 6.08. The maximum atomic E-state index is 12.0. The third kappa shape index (κ3) is 5.73. The average molecular weight is 298 g/mol. The Morgan fingerprint density at radius 2 is 1.81 bits per heavy atom. The Morgan fingerprint density at radius 1 is 1.19 bits per heavy atom. The highest BCUT2D eigenvalue weighted by Crippen LogP contribution is 2.43. The monoisotopic (exact) mass is 298 g/mol. The Kier molecular flexibility index (Phi) is 6.65. The van der Waals surface area contributed by atoms with E-state index in [1.807, 2.05) is 6.92 Å². The fourth-order valence-electron chi connectivity index (χ4n) is 2.96. The first-order valence-electron chi connectivity index (χ1n) is 7.65. The van der Waals surface area contributed by atoms with Gasteiger partial charge in [-0.25, -0.2) is 4.79 Å². The minimum Gasteiger partial charge on any atom is -0.481 e. The zero-order valence-electron chi connectivity index (χ0n) is 13.0. The van der Waals surface area contributed by atoms with Crippen molar-refractivity contribution >= 4 is 17.9 Å². The van der Waals surface area contributed by atoms with E-state index in [1.54, 1.807) is 7.05 Å².